The Hall–Kier alpha value is -6.11. The van der Waals surface area contributed by atoms with Crippen LogP contribution in [0.25, 0.3) is 83.4 Å². The van der Waals surface area contributed by atoms with Gasteiger partial charge in [-0.15, -0.1) is 34.0 Å². The highest BCUT2D eigenvalue weighted by Crippen LogP contribution is 2.45. The van der Waals surface area contributed by atoms with E-state index in [0.29, 0.717) is 0 Å². The lowest BCUT2D eigenvalue weighted by molar-refractivity contribution is 1.29. The van der Waals surface area contributed by atoms with Gasteiger partial charge in [0.2, 0.25) is 0 Å². The van der Waals surface area contributed by atoms with Crippen LogP contribution in [0.5, 0.6) is 0 Å². The number of rotatable bonds is 6. The molecule has 0 aliphatic carbocycles. The highest BCUT2D eigenvalue weighted by molar-refractivity contribution is 7.27. The topological polar surface area (TPSA) is 16.1 Å². The van der Waals surface area contributed by atoms with Gasteiger partial charge >= 0.3 is 0 Å². The van der Waals surface area contributed by atoms with Crippen molar-refractivity contribution in [3.8, 4) is 32.8 Å². The Morgan fingerprint density at radius 3 is 1.85 bits per heavy atom. The second-order valence-corrected chi connectivity index (χ2v) is 16.7. The molecule has 3 heterocycles. The highest BCUT2D eigenvalue weighted by atomic mass is 32.1. The van der Waals surface area contributed by atoms with Crippen molar-refractivity contribution in [1.29, 1.82) is 0 Å². The van der Waals surface area contributed by atoms with E-state index < -0.39 is 0 Å². The number of thiophene rings is 2. The Balaban J connectivity index is 1.01. The number of fused-ring (bicyclic) bond motifs is 8. The summed E-state index contributed by atoms with van der Waals surface area (Å²) >= 11 is 5.48. The van der Waals surface area contributed by atoms with Gasteiger partial charge in [-0.2, -0.15) is 0 Å². The lowest BCUT2D eigenvalue weighted by atomic mass is 10.0. The smallest absolute Gasteiger partial charge is 0.124 e. The summed E-state index contributed by atoms with van der Waals surface area (Å²) in [6.07, 6.45) is 0. The maximum Gasteiger partial charge on any atom is 0.124 e. The van der Waals surface area contributed by atoms with Crippen LogP contribution in [0.1, 0.15) is 0 Å². The van der Waals surface area contributed by atoms with Crippen molar-refractivity contribution in [2.75, 3.05) is 4.90 Å². The van der Waals surface area contributed by atoms with E-state index >= 15 is 0 Å². The fourth-order valence-electron chi connectivity index (χ4n) is 7.75. The molecule has 0 bridgehead atoms. The molecular weight excluding hydrogens is 713 g/mol. The minimum atomic E-state index is 1.07. The van der Waals surface area contributed by atoms with Crippen molar-refractivity contribution >= 4 is 102 Å². The van der Waals surface area contributed by atoms with Crippen LogP contribution in [0, 0.1) is 0 Å². The fraction of sp³-hybridized carbons (Fsp3) is 0. The average molecular weight is 743 g/mol. The number of para-hydroxylation sites is 1. The van der Waals surface area contributed by atoms with Gasteiger partial charge in [-0.1, -0.05) is 127 Å². The summed E-state index contributed by atoms with van der Waals surface area (Å²) in [5.41, 5.74) is 10.5. The first-order valence-electron chi connectivity index (χ1n) is 18.0. The molecule has 2 nitrogen and oxygen atoms in total. The second kappa shape index (κ2) is 12.8. The van der Waals surface area contributed by atoms with Crippen LogP contribution in [0.3, 0.4) is 0 Å². The van der Waals surface area contributed by atoms with Gasteiger partial charge in [0, 0.05) is 62.8 Å². The Bertz CT molecular complexity index is 3160. The molecule has 0 spiro atoms. The first kappa shape index (κ1) is 31.4. The van der Waals surface area contributed by atoms with Crippen LogP contribution in [-0.4, -0.2) is 4.98 Å². The molecule has 8 aromatic carbocycles. The van der Waals surface area contributed by atoms with Gasteiger partial charge in [-0.05, 0) is 71.3 Å². The lowest BCUT2D eigenvalue weighted by Crippen LogP contribution is -2.11. The summed E-state index contributed by atoms with van der Waals surface area (Å²) in [6.45, 7) is 0. The van der Waals surface area contributed by atoms with Crippen LogP contribution < -0.4 is 4.90 Å². The van der Waals surface area contributed by atoms with E-state index in [1.807, 2.05) is 22.7 Å². The Morgan fingerprint density at radius 1 is 0.370 bits per heavy atom. The number of aromatic nitrogens is 1. The maximum absolute atomic E-state index is 5.16. The minimum Gasteiger partial charge on any atom is -0.310 e. The van der Waals surface area contributed by atoms with Gasteiger partial charge in [0.25, 0.3) is 0 Å². The van der Waals surface area contributed by atoms with Crippen molar-refractivity contribution in [3.63, 3.8) is 0 Å². The summed E-state index contributed by atoms with van der Waals surface area (Å²) in [7, 11) is 0. The van der Waals surface area contributed by atoms with E-state index in [-0.39, 0.29) is 0 Å². The minimum absolute atomic E-state index is 1.07. The van der Waals surface area contributed by atoms with E-state index in [2.05, 4.69) is 187 Å². The average Bonchev–Trinajstić information content (AvgIpc) is 3.95. The highest BCUT2D eigenvalue weighted by Gasteiger charge is 2.19. The molecule has 11 rings (SSSR count). The van der Waals surface area contributed by atoms with Crippen molar-refractivity contribution in [1.82, 2.24) is 4.98 Å². The van der Waals surface area contributed by atoms with Crippen LogP contribution in [0.2, 0.25) is 0 Å². The molecule has 254 valence electrons. The number of anilines is 3. The molecule has 0 aliphatic rings. The molecule has 0 atom stereocenters. The molecule has 0 saturated carbocycles. The Kier molecular flexibility index (Phi) is 7.44. The number of thiazole rings is 1. The van der Waals surface area contributed by atoms with Crippen LogP contribution in [-0.2, 0) is 0 Å². The molecule has 0 saturated heterocycles. The molecular formula is C49H30N2S3. The molecule has 3 aromatic heterocycles. The number of benzene rings is 8. The normalized spacial score (nSPS) is 11.7. The number of hydrogen-bond donors (Lipinski definition) is 0. The number of nitrogens with zero attached hydrogens (tertiary/aromatic N) is 2. The lowest BCUT2D eigenvalue weighted by Gasteiger charge is -2.28. The van der Waals surface area contributed by atoms with Crippen LogP contribution in [0.4, 0.5) is 17.1 Å². The molecule has 11 aromatic rings. The van der Waals surface area contributed by atoms with Gasteiger partial charge in [0.15, 0.2) is 0 Å². The van der Waals surface area contributed by atoms with E-state index in [1.165, 1.54) is 72.9 Å². The largest absolute Gasteiger partial charge is 0.310 e. The van der Waals surface area contributed by atoms with E-state index in [4.69, 9.17) is 4.98 Å². The summed E-state index contributed by atoms with van der Waals surface area (Å²) in [5.74, 6) is 0. The first-order chi connectivity index (χ1) is 26.7. The third-order valence-corrected chi connectivity index (χ3v) is 13.6. The maximum atomic E-state index is 5.16. The van der Waals surface area contributed by atoms with Gasteiger partial charge in [-0.25, -0.2) is 4.98 Å². The zero-order valence-electron chi connectivity index (χ0n) is 28.9. The van der Waals surface area contributed by atoms with Crippen molar-refractivity contribution in [3.05, 3.63) is 182 Å². The standard InChI is InChI=1S/C49H30N2S3/c1-3-11-32(12-4-1)37-15-7-9-17-41(37)51(36-24-26-39-38-16-8-10-18-42(38)52-46(39)30-36)35-22-19-31(20-23-35)34-21-25-40-45(29-34)53-43-27-28-44-48(47(40)43)50-49(54-44)33-13-5-2-6-14-33/h1-30H. The SMILES string of the molecule is c1ccc(-c2nc3c(ccc4sc5cc(-c6ccc(N(c7ccc8c(c7)sc7ccccc78)c7ccccc7-c7ccccc7)cc6)ccc5c43)s2)cc1. The fourth-order valence-corrected chi connectivity index (χ4v) is 11.0. The predicted octanol–water partition coefficient (Wildman–Crippen LogP) is 15.5. The quantitative estimate of drug-likeness (QED) is 0.169. The second-order valence-electron chi connectivity index (χ2n) is 13.5. The third kappa shape index (κ3) is 5.24. The predicted molar refractivity (Wildman–Crippen MR) is 236 cm³/mol. The Morgan fingerprint density at radius 2 is 1.00 bits per heavy atom. The van der Waals surface area contributed by atoms with E-state index in [1.54, 1.807) is 11.3 Å². The van der Waals surface area contributed by atoms with Gasteiger partial charge in [0.1, 0.15) is 5.01 Å². The van der Waals surface area contributed by atoms with Crippen molar-refractivity contribution in [2.45, 2.75) is 0 Å². The van der Waals surface area contributed by atoms with Crippen LogP contribution in [0.15, 0.2) is 182 Å². The summed E-state index contributed by atoms with van der Waals surface area (Å²) < 4.78 is 6.39. The summed E-state index contributed by atoms with van der Waals surface area (Å²) in [4.78, 5) is 7.58. The third-order valence-electron chi connectivity index (χ3n) is 10.3. The molecule has 0 N–H and O–H groups in total. The first-order valence-corrected chi connectivity index (χ1v) is 20.5. The molecule has 0 amide bonds. The molecule has 0 aliphatic heterocycles. The Labute approximate surface area is 324 Å². The monoisotopic (exact) mass is 742 g/mol. The van der Waals surface area contributed by atoms with Gasteiger partial charge in [0.05, 0.1) is 15.9 Å². The summed E-state index contributed by atoms with van der Waals surface area (Å²) in [6, 6.07) is 66.1. The zero-order chi connectivity index (χ0) is 35.6. The molecule has 54 heavy (non-hydrogen) atoms. The van der Waals surface area contributed by atoms with Crippen LogP contribution >= 0.6 is 34.0 Å². The number of hydrogen-bond acceptors (Lipinski definition) is 5. The molecule has 0 radical (unpaired) electrons. The molecule has 5 heteroatoms. The van der Waals surface area contributed by atoms with E-state index in [0.717, 1.165) is 27.6 Å². The van der Waals surface area contributed by atoms with E-state index in [9.17, 15) is 0 Å². The summed E-state index contributed by atoms with van der Waals surface area (Å²) in [5, 5.41) is 6.21. The zero-order valence-corrected chi connectivity index (χ0v) is 31.4. The van der Waals surface area contributed by atoms with Crippen molar-refractivity contribution in [2.24, 2.45) is 0 Å². The molecule has 0 unspecified atom stereocenters. The van der Waals surface area contributed by atoms with Gasteiger partial charge < -0.3 is 4.90 Å². The van der Waals surface area contributed by atoms with Gasteiger partial charge in [-0.3, -0.25) is 0 Å². The molecule has 0 fully saturated rings. The van der Waals surface area contributed by atoms with Crippen molar-refractivity contribution < 1.29 is 0 Å².